The number of rotatable bonds is 4. The molecular weight excluding hydrogens is 444 g/mol. The maximum atomic E-state index is 11.3. The molecule has 0 unspecified atom stereocenters. The number of anilines is 2. The number of aliphatic hydroxyl groups excluding tert-OH is 2. The molecule has 0 atom stereocenters. The summed E-state index contributed by atoms with van der Waals surface area (Å²) >= 11 is 0. The van der Waals surface area contributed by atoms with Crippen LogP contribution in [0.15, 0.2) is 36.4 Å². The molecule has 2 aliphatic heterocycles. The van der Waals surface area contributed by atoms with E-state index in [1.54, 1.807) is 0 Å². The molecule has 36 heavy (non-hydrogen) atoms. The lowest BCUT2D eigenvalue weighted by atomic mass is 9.63. The second-order valence-corrected chi connectivity index (χ2v) is 12.3. The zero-order valence-electron chi connectivity index (χ0n) is 21.6. The summed E-state index contributed by atoms with van der Waals surface area (Å²) in [6.07, 6.45) is 14.6. The largest absolute Gasteiger partial charge is 0.392 e. The van der Waals surface area contributed by atoms with E-state index in [4.69, 9.17) is 0 Å². The van der Waals surface area contributed by atoms with Gasteiger partial charge in [0.2, 0.25) is 0 Å². The van der Waals surface area contributed by atoms with Crippen LogP contribution in [0.5, 0.6) is 0 Å². The van der Waals surface area contributed by atoms with Gasteiger partial charge in [0.1, 0.15) is 0 Å². The van der Waals surface area contributed by atoms with Gasteiger partial charge >= 0.3 is 0 Å². The van der Waals surface area contributed by atoms with E-state index in [2.05, 4.69) is 46.2 Å². The van der Waals surface area contributed by atoms with E-state index in [0.717, 1.165) is 37.1 Å². The van der Waals surface area contributed by atoms with Crippen LogP contribution in [0.3, 0.4) is 0 Å². The van der Waals surface area contributed by atoms with Crippen LogP contribution in [-0.4, -0.2) is 47.6 Å². The van der Waals surface area contributed by atoms with E-state index in [1.165, 1.54) is 86.7 Å². The third-order valence-corrected chi connectivity index (χ3v) is 10.3. The van der Waals surface area contributed by atoms with Crippen LogP contribution in [0.2, 0.25) is 0 Å². The van der Waals surface area contributed by atoms with Crippen molar-refractivity contribution in [1.29, 1.82) is 0 Å². The molecule has 2 aromatic rings. The monoisotopic (exact) mass is 486 g/mol. The van der Waals surface area contributed by atoms with E-state index in [1.807, 2.05) is 0 Å². The fourth-order valence-corrected chi connectivity index (χ4v) is 8.35. The molecule has 0 bridgehead atoms. The summed E-state index contributed by atoms with van der Waals surface area (Å²) in [6.45, 7) is 2.24. The van der Waals surface area contributed by atoms with Gasteiger partial charge in [-0.25, -0.2) is 0 Å². The molecular formula is C32H42N2O2. The van der Waals surface area contributed by atoms with E-state index in [0.29, 0.717) is 12.1 Å². The Kier molecular flexibility index (Phi) is 6.01. The summed E-state index contributed by atoms with van der Waals surface area (Å²) < 4.78 is 0. The number of benzene rings is 2. The minimum absolute atomic E-state index is 0.184. The van der Waals surface area contributed by atoms with Gasteiger partial charge < -0.3 is 20.0 Å². The molecule has 7 rings (SSSR count). The SMILES string of the molecule is OC1C(c2ccc3c(c2)CCN3C2CCCCC2)C(O)C1c1ccc2c(c1)CCN2C1CCCCC1. The minimum atomic E-state index is -0.525. The molecule has 0 spiro atoms. The van der Waals surface area contributed by atoms with Crippen molar-refractivity contribution in [2.75, 3.05) is 22.9 Å². The van der Waals surface area contributed by atoms with Crippen LogP contribution < -0.4 is 9.80 Å². The van der Waals surface area contributed by atoms with E-state index < -0.39 is 12.2 Å². The maximum Gasteiger partial charge on any atom is 0.0727 e. The van der Waals surface area contributed by atoms with Crippen LogP contribution in [-0.2, 0) is 12.8 Å². The van der Waals surface area contributed by atoms with Crippen molar-refractivity contribution in [2.24, 2.45) is 0 Å². The first-order valence-corrected chi connectivity index (χ1v) is 14.8. The summed E-state index contributed by atoms with van der Waals surface area (Å²) in [6, 6.07) is 14.9. The molecule has 0 amide bonds. The zero-order chi connectivity index (χ0) is 24.2. The molecule has 2 heterocycles. The smallest absolute Gasteiger partial charge is 0.0727 e. The van der Waals surface area contributed by atoms with Crippen LogP contribution in [0.4, 0.5) is 11.4 Å². The highest BCUT2D eigenvalue weighted by atomic mass is 16.3. The van der Waals surface area contributed by atoms with Gasteiger partial charge in [0, 0.05) is 48.4 Å². The number of hydrogen-bond donors (Lipinski definition) is 2. The Bertz CT molecular complexity index is 1010. The van der Waals surface area contributed by atoms with Crippen molar-refractivity contribution in [3.63, 3.8) is 0 Å². The Hall–Kier alpha value is -2.04. The fraction of sp³-hybridized carbons (Fsp3) is 0.625. The van der Waals surface area contributed by atoms with Crippen LogP contribution in [0.25, 0.3) is 0 Å². The van der Waals surface area contributed by atoms with E-state index >= 15 is 0 Å². The van der Waals surface area contributed by atoms with Crippen molar-refractivity contribution in [3.8, 4) is 0 Å². The molecule has 5 aliphatic rings. The molecule has 2 N–H and O–H groups in total. The Labute approximate surface area is 216 Å². The number of nitrogens with zero attached hydrogens (tertiary/aromatic N) is 2. The maximum absolute atomic E-state index is 11.3. The van der Waals surface area contributed by atoms with Crippen molar-refractivity contribution < 1.29 is 10.2 Å². The van der Waals surface area contributed by atoms with Gasteiger partial charge in [0.05, 0.1) is 12.2 Å². The van der Waals surface area contributed by atoms with E-state index in [9.17, 15) is 10.2 Å². The second-order valence-electron chi connectivity index (χ2n) is 12.3. The van der Waals surface area contributed by atoms with Gasteiger partial charge in [-0.2, -0.15) is 0 Å². The lowest BCUT2D eigenvalue weighted by molar-refractivity contribution is -0.0785. The predicted octanol–water partition coefficient (Wildman–Crippen LogP) is 5.68. The molecule has 0 radical (unpaired) electrons. The molecule has 3 fully saturated rings. The molecule has 0 saturated heterocycles. The standard InChI is InChI=1S/C32H42N2O2/c35-31-29(23-11-13-27-21(19-23)15-17-33(27)25-7-3-1-4-8-25)32(36)30(31)24-12-14-28-22(20-24)16-18-34(28)26-9-5-2-6-10-26/h11-14,19-20,25-26,29-32,35-36H,1-10,15-18H2. The van der Waals surface area contributed by atoms with Gasteiger partial charge in [0.15, 0.2) is 0 Å². The number of fused-ring (bicyclic) bond motifs is 2. The topological polar surface area (TPSA) is 46.9 Å². The van der Waals surface area contributed by atoms with Gasteiger partial charge in [-0.15, -0.1) is 0 Å². The molecule has 4 nitrogen and oxygen atoms in total. The Balaban J connectivity index is 1.07. The highest BCUT2D eigenvalue weighted by Crippen LogP contribution is 2.50. The van der Waals surface area contributed by atoms with Crippen LogP contribution in [0.1, 0.15) is 98.3 Å². The third-order valence-electron chi connectivity index (χ3n) is 10.3. The highest BCUT2D eigenvalue weighted by Gasteiger charge is 2.50. The molecule has 0 aromatic heterocycles. The number of hydrogen-bond acceptors (Lipinski definition) is 4. The lowest BCUT2D eigenvalue weighted by Gasteiger charge is -2.47. The summed E-state index contributed by atoms with van der Waals surface area (Å²) in [7, 11) is 0. The summed E-state index contributed by atoms with van der Waals surface area (Å²) in [4.78, 5) is 5.27. The van der Waals surface area contributed by atoms with E-state index in [-0.39, 0.29) is 11.8 Å². The minimum Gasteiger partial charge on any atom is -0.392 e. The van der Waals surface area contributed by atoms with Crippen molar-refractivity contribution >= 4 is 11.4 Å². The van der Waals surface area contributed by atoms with Crippen LogP contribution in [0, 0.1) is 0 Å². The first kappa shape index (κ1) is 23.1. The van der Waals surface area contributed by atoms with Gasteiger partial charge in [-0.05, 0) is 72.9 Å². The molecule has 2 aromatic carbocycles. The van der Waals surface area contributed by atoms with Gasteiger partial charge in [-0.3, -0.25) is 0 Å². The summed E-state index contributed by atoms with van der Waals surface area (Å²) in [5.41, 5.74) is 7.82. The average molecular weight is 487 g/mol. The molecule has 3 aliphatic carbocycles. The summed E-state index contributed by atoms with van der Waals surface area (Å²) in [5, 5.41) is 22.5. The van der Waals surface area contributed by atoms with Crippen molar-refractivity contribution in [3.05, 3.63) is 58.7 Å². The van der Waals surface area contributed by atoms with Gasteiger partial charge in [-0.1, -0.05) is 62.8 Å². The Morgan fingerprint density at radius 1 is 0.556 bits per heavy atom. The quantitative estimate of drug-likeness (QED) is 0.584. The second kappa shape index (κ2) is 9.36. The molecule has 3 saturated carbocycles. The molecule has 192 valence electrons. The van der Waals surface area contributed by atoms with Crippen molar-refractivity contribution in [2.45, 2.75) is 113 Å². The van der Waals surface area contributed by atoms with Gasteiger partial charge in [0.25, 0.3) is 0 Å². The normalized spacial score (nSPS) is 30.8. The first-order valence-electron chi connectivity index (χ1n) is 14.8. The fourth-order valence-electron chi connectivity index (χ4n) is 8.35. The molecule has 4 heteroatoms. The summed E-state index contributed by atoms with van der Waals surface area (Å²) in [5.74, 6) is -0.368. The zero-order valence-corrected chi connectivity index (χ0v) is 21.6. The highest BCUT2D eigenvalue weighted by molar-refractivity contribution is 5.62. The Morgan fingerprint density at radius 2 is 0.972 bits per heavy atom. The van der Waals surface area contributed by atoms with Crippen LogP contribution >= 0.6 is 0 Å². The number of aliphatic hydroxyl groups is 2. The lowest BCUT2D eigenvalue weighted by Crippen LogP contribution is -2.51. The first-order chi connectivity index (χ1) is 17.7. The third kappa shape index (κ3) is 3.79. The average Bonchev–Trinajstić information content (AvgIpc) is 3.54. The Morgan fingerprint density at radius 3 is 1.39 bits per heavy atom. The van der Waals surface area contributed by atoms with Crippen molar-refractivity contribution in [1.82, 2.24) is 0 Å². The predicted molar refractivity (Wildman–Crippen MR) is 146 cm³/mol.